The third-order valence-electron chi connectivity index (χ3n) is 9.46. The van der Waals surface area contributed by atoms with Gasteiger partial charge < -0.3 is 15.9 Å². The Kier molecular flexibility index (Phi) is 11.1. The van der Waals surface area contributed by atoms with E-state index in [1.165, 1.54) is 66.4 Å². The number of aryl methyl sites for hydroxylation is 1. The largest absolute Gasteiger partial charge is 0.508 e. The van der Waals surface area contributed by atoms with E-state index in [9.17, 15) is 9.90 Å². The number of aromatic carboxylic acids is 1. The second-order valence-electron chi connectivity index (χ2n) is 13.1. The van der Waals surface area contributed by atoms with E-state index >= 15 is 0 Å². The van der Waals surface area contributed by atoms with E-state index in [0.717, 1.165) is 12.0 Å². The molecular weight excluding hydrogens is 518 g/mol. The highest BCUT2D eigenvalue weighted by atomic mass is 16.4. The molecule has 4 N–H and O–H groups in total. The molecule has 0 bridgehead atoms. The molecule has 1 unspecified atom stereocenters. The number of aromatic hydroxyl groups is 1. The van der Waals surface area contributed by atoms with E-state index in [-0.39, 0.29) is 16.6 Å². The van der Waals surface area contributed by atoms with Gasteiger partial charge in [0.1, 0.15) is 5.75 Å². The number of hydrogen-bond acceptors (Lipinski definition) is 3. The highest BCUT2D eigenvalue weighted by Crippen LogP contribution is 2.54. The summed E-state index contributed by atoms with van der Waals surface area (Å²) < 4.78 is 0. The van der Waals surface area contributed by atoms with E-state index < -0.39 is 5.97 Å². The van der Waals surface area contributed by atoms with Crippen molar-refractivity contribution in [3.63, 3.8) is 0 Å². The van der Waals surface area contributed by atoms with Gasteiger partial charge in [-0.25, -0.2) is 4.79 Å². The SMILES string of the molecule is CCCCCCCCc1cc2c(cc1/C(C)=C/c1ccc(C(=O)O)cc1)C(C)(C)C(C)C2(C)C.Nc1ccc(O)cc1. The Morgan fingerprint density at radius 2 is 1.40 bits per heavy atom. The first-order chi connectivity index (χ1) is 19.8. The van der Waals surface area contributed by atoms with Gasteiger partial charge in [0, 0.05) is 5.69 Å². The van der Waals surface area contributed by atoms with Crippen molar-refractivity contribution in [2.75, 3.05) is 5.73 Å². The van der Waals surface area contributed by atoms with Crippen molar-refractivity contribution >= 4 is 23.3 Å². The van der Waals surface area contributed by atoms with E-state index in [4.69, 9.17) is 10.8 Å². The molecule has 0 saturated carbocycles. The number of nitrogens with two attached hydrogens (primary N) is 1. The number of phenolic OH excluding ortho intramolecular Hbond substituents is 1. The summed E-state index contributed by atoms with van der Waals surface area (Å²) in [5, 5.41) is 17.9. The maximum absolute atomic E-state index is 11.2. The van der Waals surface area contributed by atoms with Crippen LogP contribution in [0.25, 0.3) is 11.6 Å². The van der Waals surface area contributed by atoms with Crippen LogP contribution < -0.4 is 5.73 Å². The molecule has 0 aliphatic heterocycles. The minimum Gasteiger partial charge on any atom is -0.508 e. The van der Waals surface area contributed by atoms with Gasteiger partial charge in [-0.2, -0.15) is 0 Å². The molecule has 1 atom stereocenters. The normalized spacial score (nSPS) is 16.8. The zero-order chi connectivity index (χ0) is 31.1. The summed E-state index contributed by atoms with van der Waals surface area (Å²) in [6.07, 6.45) is 11.1. The molecule has 0 fully saturated rings. The Balaban J connectivity index is 0.000000521. The van der Waals surface area contributed by atoms with Crippen LogP contribution in [0, 0.1) is 5.92 Å². The number of carboxylic acids is 1. The second-order valence-corrected chi connectivity index (χ2v) is 13.1. The molecule has 0 radical (unpaired) electrons. The number of nitrogen functional groups attached to an aromatic ring is 1. The van der Waals surface area contributed by atoms with Gasteiger partial charge in [0.25, 0.3) is 0 Å². The number of anilines is 1. The third kappa shape index (κ3) is 7.85. The summed E-state index contributed by atoms with van der Waals surface area (Å²) in [6.45, 7) is 16.5. The molecule has 42 heavy (non-hydrogen) atoms. The fourth-order valence-corrected chi connectivity index (χ4v) is 6.27. The molecule has 4 rings (SSSR count). The lowest BCUT2D eigenvalue weighted by atomic mass is 9.71. The Morgan fingerprint density at radius 3 is 1.95 bits per heavy atom. The smallest absolute Gasteiger partial charge is 0.335 e. The predicted molar refractivity (Wildman–Crippen MR) is 178 cm³/mol. The number of unbranched alkanes of at least 4 members (excludes halogenated alkanes) is 5. The number of allylic oxidation sites excluding steroid dienone is 1. The van der Waals surface area contributed by atoms with Gasteiger partial charge in [0.05, 0.1) is 5.56 Å². The Bertz CT molecular complexity index is 1340. The van der Waals surface area contributed by atoms with E-state index in [2.05, 4.69) is 66.7 Å². The number of rotatable bonds is 10. The minimum atomic E-state index is -0.883. The van der Waals surface area contributed by atoms with Gasteiger partial charge >= 0.3 is 5.97 Å². The van der Waals surface area contributed by atoms with Crippen molar-refractivity contribution in [1.29, 1.82) is 0 Å². The molecule has 0 heterocycles. The lowest BCUT2D eigenvalue weighted by Crippen LogP contribution is -2.30. The molecule has 0 spiro atoms. The first kappa shape index (κ1) is 33.0. The summed E-state index contributed by atoms with van der Waals surface area (Å²) in [4.78, 5) is 11.2. The number of hydrogen-bond donors (Lipinski definition) is 3. The first-order valence-corrected chi connectivity index (χ1v) is 15.5. The summed E-state index contributed by atoms with van der Waals surface area (Å²) in [5.74, 6) is -0.0646. The summed E-state index contributed by atoms with van der Waals surface area (Å²) in [7, 11) is 0. The fourth-order valence-electron chi connectivity index (χ4n) is 6.27. The summed E-state index contributed by atoms with van der Waals surface area (Å²) >= 11 is 0. The Labute approximate surface area is 253 Å². The molecule has 3 aromatic carbocycles. The number of carboxylic acid groups (broad SMARTS) is 1. The standard InChI is InChI=1S/C32H44O2.C6H7NO/c1-8-9-10-11-12-13-14-26-20-28-29(32(6,7)23(3)31(28,4)5)21-27(26)22(2)19-24-15-17-25(18-16-24)30(33)34;7-5-1-3-6(8)4-2-5/h15-21,23H,8-14H2,1-7H3,(H,33,34);1-4,8H,7H2/b22-19+;. The van der Waals surface area contributed by atoms with E-state index in [1.807, 2.05) is 12.1 Å². The summed E-state index contributed by atoms with van der Waals surface area (Å²) in [5.41, 5.74) is 14.7. The van der Waals surface area contributed by atoms with Gasteiger partial charge in [0.2, 0.25) is 0 Å². The Hall–Kier alpha value is -3.53. The van der Waals surface area contributed by atoms with Crippen molar-refractivity contribution in [2.45, 2.75) is 104 Å². The zero-order valence-corrected chi connectivity index (χ0v) is 26.8. The number of benzene rings is 3. The molecule has 0 amide bonds. The highest BCUT2D eigenvalue weighted by Gasteiger charge is 2.48. The lowest BCUT2D eigenvalue weighted by Gasteiger charge is -2.32. The second kappa shape index (κ2) is 14.1. The number of phenols is 1. The Morgan fingerprint density at radius 1 is 0.857 bits per heavy atom. The van der Waals surface area contributed by atoms with Gasteiger partial charge in [-0.1, -0.05) is 104 Å². The van der Waals surface area contributed by atoms with Crippen molar-refractivity contribution in [1.82, 2.24) is 0 Å². The van der Waals surface area contributed by atoms with Crippen LogP contribution in [0.1, 0.15) is 125 Å². The average Bonchev–Trinajstić information content (AvgIpc) is 3.08. The monoisotopic (exact) mass is 569 g/mol. The van der Waals surface area contributed by atoms with Crippen molar-refractivity contribution in [3.05, 3.63) is 94.0 Å². The maximum atomic E-state index is 11.2. The lowest BCUT2D eigenvalue weighted by molar-refractivity contribution is 0.0697. The van der Waals surface area contributed by atoms with Gasteiger partial charge in [-0.05, 0) is 106 Å². The highest BCUT2D eigenvalue weighted by molar-refractivity contribution is 5.88. The molecule has 0 saturated heterocycles. The van der Waals surface area contributed by atoms with Crippen LogP contribution >= 0.6 is 0 Å². The van der Waals surface area contributed by atoms with Crippen molar-refractivity contribution in [3.8, 4) is 5.75 Å². The van der Waals surface area contributed by atoms with Gasteiger partial charge in [-0.15, -0.1) is 0 Å². The number of carbonyl (C=O) groups is 1. The molecule has 226 valence electrons. The molecule has 0 aromatic heterocycles. The topological polar surface area (TPSA) is 83.5 Å². The van der Waals surface area contributed by atoms with Crippen LogP contribution in [-0.4, -0.2) is 16.2 Å². The fraction of sp³-hybridized carbons (Fsp3) is 0.447. The molecule has 4 nitrogen and oxygen atoms in total. The molecule has 4 heteroatoms. The first-order valence-electron chi connectivity index (χ1n) is 15.5. The average molecular weight is 570 g/mol. The van der Waals surface area contributed by atoms with Crippen LogP contribution in [0.5, 0.6) is 5.75 Å². The van der Waals surface area contributed by atoms with Crippen molar-refractivity contribution in [2.24, 2.45) is 5.92 Å². The number of fused-ring (bicyclic) bond motifs is 1. The van der Waals surface area contributed by atoms with E-state index in [0.29, 0.717) is 17.2 Å². The van der Waals surface area contributed by atoms with Crippen LogP contribution in [0.4, 0.5) is 5.69 Å². The summed E-state index contributed by atoms with van der Waals surface area (Å²) in [6, 6.07) is 18.6. The zero-order valence-electron chi connectivity index (χ0n) is 26.8. The van der Waals surface area contributed by atoms with Gasteiger partial charge in [-0.3, -0.25) is 0 Å². The van der Waals surface area contributed by atoms with Crippen molar-refractivity contribution < 1.29 is 15.0 Å². The van der Waals surface area contributed by atoms with Crippen LogP contribution in [0.2, 0.25) is 0 Å². The maximum Gasteiger partial charge on any atom is 0.335 e. The molecule has 1 aliphatic carbocycles. The predicted octanol–water partition coefficient (Wildman–Crippen LogP) is 10.0. The molecule has 3 aromatic rings. The van der Waals surface area contributed by atoms with E-state index in [1.54, 1.807) is 36.4 Å². The third-order valence-corrected chi connectivity index (χ3v) is 9.46. The molecular formula is C38H51NO3. The van der Waals surface area contributed by atoms with Crippen LogP contribution in [0.15, 0.2) is 60.7 Å². The van der Waals surface area contributed by atoms with Crippen LogP contribution in [-0.2, 0) is 17.3 Å². The minimum absolute atomic E-state index is 0.135. The quantitative estimate of drug-likeness (QED) is 0.0981. The molecule has 1 aliphatic rings. The van der Waals surface area contributed by atoms with Gasteiger partial charge in [0.15, 0.2) is 0 Å². The van der Waals surface area contributed by atoms with Crippen LogP contribution in [0.3, 0.4) is 0 Å².